The van der Waals surface area contributed by atoms with E-state index in [1.54, 1.807) is 18.2 Å². The van der Waals surface area contributed by atoms with E-state index in [2.05, 4.69) is 5.32 Å². The first-order valence-electron chi connectivity index (χ1n) is 7.25. The number of rotatable bonds is 7. The first-order valence-corrected chi connectivity index (χ1v) is 8.51. The zero-order valence-electron chi connectivity index (χ0n) is 13.4. The van der Waals surface area contributed by atoms with Gasteiger partial charge in [0.25, 0.3) is 0 Å². The van der Waals surface area contributed by atoms with E-state index >= 15 is 0 Å². The maximum Gasteiger partial charge on any atom is 0.307 e. The van der Waals surface area contributed by atoms with E-state index in [1.807, 2.05) is 17.5 Å². The summed E-state index contributed by atoms with van der Waals surface area (Å²) in [5.41, 5.74) is 0.686. The summed E-state index contributed by atoms with van der Waals surface area (Å²) < 4.78 is 9.96. The summed E-state index contributed by atoms with van der Waals surface area (Å²) >= 11 is 7.46. The van der Waals surface area contributed by atoms with Crippen molar-refractivity contribution in [1.29, 1.82) is 0 Å². The third-order valence-corrected chi connectivity index (χ3v) is 4.63. The average Bonchev–Trinajstić information content (AvgIpc) is 3.08. The minimum atomic E-state index is -0.421. The summed E-state index contributed by atoms with van der Waals surface area (Å²) in [6, 6.07) is 8.44. The van der Waals surface area contributed by atoms with E-state index < -0.39 is 6.04 Å². The van der Waals surface area contributed by atoms with Gasteiger partial charge in [-0.1, -0.05) is 17.7 Å². The topological polar surface area (TPSA) is 64.6 Å². The first-order chi connectivity index (χ1) is 11.5. The summed E-state index contributed by atoms with van der Waals surface area (Å²) in [5.74, 6) is -0.0119. The van der Waals surface area contributed by atoms with Crippen molar-refractivity contribution in [2.45, 2.75) is 18.9 Å². The lowest BCUT2D eigenvalue weighted by molar-refractivity contribution is -0.141. The van der Waals surface area contributed by atoms with Gasteiger partial charge < -0.3 is 14.8 Å². The summed E-state index contributed by atoms with van der Waals surface area (Å²) in [5, 5.41) is 5.30. The van der Waals surface area contributed by atoms with Gasteiger partial charge in [0.15, 0.2) is 0 Å². The Hall–Kier alpha value is -2.05. The minimum Gasteiger partial charge on any atom is -0.496 e. The lowest BCUT2D eigenvalue weighted by Gasteiger charge is -2.17. The highest BCUT2D eigenvalue weighted by molar-refractivity contribution is 7.10. The molecule has 128 valence electrons. The molecule has 2 aromatic rings. The lowest BCUT2D eigenvalue weighted by atomic mass is 10.1. The average molecular weight is 368 g/mol. The highest BCUT2D eigenvalue weighted by atomic mass is 35.5. The molecular formula is C17H18ClNO4S. The van der Waals surface area contributed by atoms with Gasteiger partial charge in [0, 0.05) is 15.5 Å². The number of thiophene rings is 1. The third kappa shape index (κ3) is 4.97. The van der Waals surface area contributed by atoms with Crippen LogP contribution in [0.3, 0.4) is 0 Å². The van der Waals surface area contributed by atoms with Gasteiger partial charge in [0.2, 0.25) is 5.91 Å². The maximum absolute atomic E-state index is 12.4. The number of amides is 1. The number of nitrogens with one attached hydrogen (secondary N) is 1. The number of carbonyl (C=O) groups excluding carboxylic acids is 2. The second kappa shape index (κ2) is 8.70. The van der Waals surface area contributed by atoms with E-state index in [0.29, 0.717) is 16.3 Å². The molecule has 2 rings (SSSR count). The molecule has 1 amide bonds. The fraction of sp³-hybridized carbons (Fsp3) is 0.294. The van der Waals surface area contributed by atoms with Crippen molar-refractivity contribution in [1.82, 2.24) is 5.32 Å². The normalized spacial score (nSPS) is 11.6. The molecule has 0 aliphatic heterocycles. The van der Waals surface area contributed by atoms with Crippen molar-refractivity contribution < 1.29 is 19.1 Å². The van der Waals surface area contributed by atoms with E-state index in [1.165, 1.54) is 25.6 Å². The lowest BCUT2D eigenvalue weighted by Crippen LogP contribution is -2.31. The largest absolute Gasteiger partial charge is 0.496 e. The number of carbonyl (C=O) groups is 2. The number of hydrogen-bond acceptors (Lipinski definition) is 5. The van der Waals surface area contributed by atoms with Crippen molar-refractivity contribution in [3.8, 4) is 5.75 Å². The molecule has 1 aromatic carbocycles. The molecule has 0 spiro atoms. The molecule has 1 heterocycles. The summed E-state index contributed by atoms with van der Waals surface area (Å²) in [7, 11) is 2.86. The molecular weight excluding hydrogens is 350 g/mol. The molecule has 0 aliphatic carbocycles. The Morgan fingerprint density at radius 1 is 1.29 bits per heavy atom. The van der Waals surface area contributed by atoms with Crippen molar-refractivity contribution in [2.24, 2.45) is 0 Å². The van der Waals surface area contributed by atoms with Gasteiger partial charge in [-0.2, -0.15) is 0 Å². The van der Waals surface area contributed by atoms with Crippen molar-refractivity contribution in [2.75, 3.05) is 14.2 Å². The zero-order chi connectivity index (χ0) is 17.5. The van der Waals surface area contributed by atoms with Crippen molar-refractivity contribution >= 4 is 34.8 Å². The number of esters is 1. The van der Waals surface area contributed by atoms with Gasteiger partial charge in [0.05, 0.1) is 33.1 Å². The van der Waals surface area contributed by atoms with Crippen LogP contribution in [0, 0.1) is 0 Å². The number of ether oxygens (including phenoxy) is 2. The van der Waals surface area contributed by atoms with Gasteiger partial charge >= 0.3 is 5.97 Å². The summed E-state index contributed by atoms with van der Waals surface area (Å²) in [4.78, 5) is 24.9. The van der Waals surface area contributed by atoms with Crippen molar-refractivity contribution in [3.05, 3.63) is 51.2 Å². The standard InChI is InChI=1S/C17H18ClNO4S/c1-22-14-6-5-12(18)8-11(14)9-16(20)19-13(10-17(21)23-2)15-4-3-7-24-15/h3-8,13H,9-10H2,1-2H3,(H,19,20)/t13-/m1/s1. The highest BCUT2D eigenvalue weighted by Gasteiger charge is 2.20. The Morgan fingerprint density at radius 3 is 2.71 bits per heavy atom. The van der Waals surface area contributed by atoms with Gasteiger partial charge in [-0.3, -0.25) is 9.59 Å². The molecule has 5 nitrogen and oxygen atoms in total. The van der Waals surface area contributed by atoms with E-state index in [0.717, 1.165) is 4.88 Å². The molecule has 24 heavy (non-hydrogen) atoms. The number of methoxy groups -OCH3 is 2. The van der Waals surface area contributed by atoms with Crippen LogP contribution in [0.1, 0.15) is 22.9 Å². The van der Waals surface area contributed by atoms with Crippen LogP contribution in [-0.2, 0) is 20.7 Å². The Kier molecular flexibility index (Phi) is 6.63. The molecule has 0 saturated carbocycles. The fourth-order valence-electron chi connectivity index (χ4n) is 2.27. The summed E-state index contributed by atoms with van der Waals surface area (Å²) in [6.45, 7) is 0. The monoisotopic (exact) mass is 367 g/mol. The van der Waals surface area contributed by atoms with Crippen LogP contribution in [0.4, 0.5) is 0 Å². The van der Waals surface area contributed by atoms with Crippen LogP contribution in [0.5, 0.6) is 5.75 Å². The number of hydrogen-bond donors (Lipinski definition) is 1. The van der Waals surface area contributed by atoms with Crippen LogP contribution in [0.15, 0.2) is 35.7 Å². The molecule has 0 bridgehead atoms. The van der Waals surface area contributed by atoms with Gasteiger partial charge in [-0.25, -0.2) is 0 Å². The van der Waals surface area contributed by atoms with Crippen LogP contribution in [0.25, 0.3) is 0 Å². The molecule has 1 atom stereocenters. The van der Waals surface area contributed by atoms with Crippen LogP contribution in [-0.4, -0.2) is 26.1 Å². The molecule has 1 N–H and O–H groups in total. The second-order valence-electron chi connectivity index (χ2n) is 5.05. The predicted molar refractivity (Wildman–Crippen MR) is 93.5 cm³/mol. The van der Waals surface area contributed by atoms with Crippen LogP contribution in [0.2, 0.25) is 5.02 Å². The SMILES string of the molecule is COC(=O)C[C@@H](NC(=O)Cc1cc(Cl)ccc1OC)c1cccs1. The van der Waals surface area contributed by atoms with Crippen LogP contribution < -0.4 is 10.1 Å². The molecule has 0 unspecified atom stereocenters. The Balaban J connectivity index is 2.10. The van der Waals surface area contributed by atoms with E-state index in [9.17, 15) is 9.59 Å². The van der Waals surface area contributed by atoms with Gasteiger partial charge in [-0.15, -0.1) is 11.3 Å². The number of benzene rings is 1. The van der Waals surface area contributed by atoms with E-state index in [-0.39, 0.29) is 24.7 Å². The van der Waals surface area contributed by atoms with Crippen molar-refractivity contribution in [3.63, 3.8) is 0 Å². The zero-order valence-corrected chi connectivity index (χ0v) is 14.9. The third-order valence-electron chi connectivity index (χ3n) is 3.41. The quantitative estimate of drug-likeness (QED) is 0.762. The minimum absolute atomic E-state index is 0.0788. The smallest absolute Gasteiger partial charge is 0.307 e. The molecule has 0 fully saturated rings. The number of halogens is 1. The van der Waals surface area contributed by atoms with Gasteiger partial charge in [0.1, 0.15) is 5.75 Å². The predicted octanol–water partition coefficient (Wildman–Crippen LogP) is 3.37. The second-order valence-corrected chi connectivity index (χ2v) is 6.46. The molecule has 0 saturated heterocycles. The van der Waals surface area contributed by atoms with Gasteiger partial charge in [-0.05, 0) is 29.6 Å². The molecule has 7 heteroatoms. The first kappa shape index (κ1) is 18.3. The Bertz CT molecular complexity index is 703. The molecule has 0 aliphatic rings. The highest BCUT2D eigenvalue weighted by Crippen LogP contribution is 2.25. The Labute approximate surface area is 149 Å². The molecule has 1 aromatic heterocycles. The molecule has 0 radical (unpaired) electrons. The summed E-state index contributed by atoms with van der Waals surface area (Å²) in [6.07, 6.45) is 0.183. The Morgan fingerprint density at radius 2 is 2.08 bits per heavy atom. The maximum atomic E-state index is 12.4. The fourth-order valence-corrected chi connectivity index (χ4v) is 3.24. The van der Waals surface area contributed by atoms with E-state index in [4.69, 9.17) is 21.1 Å². The van der Waals surface area contributed by atoms with Crippen LogP contribution >= 0.6 is 22.9 Å².